The van der Waals surface area contributed by atoms with Crippen LogP contribution in [0.4, 0.5) is 0 Å². The molecule has 68 valence electrons. The third-order valence-electron chi connectivity index (χ3n) is 0.551. The molecule has 4 heteroatoms. The highest BCUT2D eigenvalue weighted by Crippen LogP contribution is 1.93. The van der Waals surface area contributed by atoms with Crippen molar-refractivity contribution < 1.29 is 9.90 Å². The summed E-state index contributed by atoms with van der Waals surface area (Å²) in [7, 11) is 0. The van der Waals surface area contributed by atoms with E-state index in [-0.39, 0.29) is 0 Å². The van der Waals surface area contributed by atoms with E-state index in [4.69, 9.17) is 22.4 Å². The van der Waals surface area contributed by atoms with Gasteiger partial charge in [-0.1, -0.05) is 0 Å². The van der Waals surface area contributed by atoms with Crippen LogP contribution < -0.4 is 5.73 Å². The average molecular weight is 182 g/mol. The lowest BCUT2D eigenvalue weighted by molar-refractivity contribution is -0.141. The Bertz CT molecular complexity index is 115. The quantitative estimate of drug-likeness (QED) is 0.602. The van der Waals surface area contributed by atoms with Crippen LogP contribution in [-0.4, -0.2) is 22.0 Å². The van der Waals surface area contributed by atoms with Gasteiger partial charge in [0.15, 0.2) is 0 Å². The summed E-state index contributed by atoms with van der Waals surface area (Å²) in [6, 6.07) is 0. The fraction of sp³-hybridized carbons (Fsp3) is 0.857. The fourth-order valence-electron chi connectivity index (χ4n) is 0. The van der Waals surface area contributed by atoms with E-state index in [2.05, 4.69) is 0 Å². The van der Waals surface area contributed by atoms with Gasteiger partial charge in [-0.3, -0.25) is 4.79 Å². The van der Waals surface area contributed by atoms with Crippen molar-refractivity contribution in [3.8, 4) is 0 Å². The van der Waals surface area contributed by atoms with E-state index >= 15 is 0 Å². The number of carboxylic acids is 1. The van der Waals surface area contributed by atoms with Gasteiger partial charge >= 0.3 is 5.97 Å². The molecule has 0 atom stereocenters. The van der Waals surface area contributed by atoms with Gasteiger partial charge in [0.25, 0.3) is 0 Å². The Kier molecular flexibility index (Phi) is 6.52. The molecule has 0 aliphatic carbocycles. The van der Waals surface area contributed by atoms with Crippen molar-refractivity contribution in [2.45, 2.75) is 38.6 Å². The van der Waals surface area contributed by atoms with Gasteiger partial charge in [-0.25, -0.2) is 0 Å². The van der Waals surface area contributed by atoms with E-state index in [1.807, 2.05) is 13.8 Å². The van der Waals surface area contributed by atoms with Crippen LogP contribution in [0.5, 0.6) is 0 Å². The van der Waals surface area contributed by atoms with Crippen LogP contribution in [0.1, 0.15) is 27.7 Å². The molecular formula is C7H16ClNO2. The number of rotatable bonds is 1. The lowest BCUT2D eigenvalue weighted by atomic mass is 10.1. The molecule has 0 saturated carbocycles. The summed E-state index contributed by atoms with van der Waals surface area (Å²) in [6.45, 7) is 6.74. The number of hydrogen-bond acceptors (Lipinski definition) is 2. The first-order chi connectivity index (χ1) is 4.68. The minimum absolute atomic E-state index is 0.306. The minimum Gasteiger partial charge on any atom is -0.480 e. The second-order valence-electron chi connectivity index (χ2n) is 3.04. The second-order valence-corrected chi connectivity index (χ2v) is 3.91. The standard InChI is InChI=1S/C4H9NO2.C3H7Cl/c1-4(2,5)3(6)7;1-3(2)4/h5H2,1-2H3,(H,6,7);3H,1-2H3. The third-order valence-corrected chi connectivity index (χ3v) is 0.551. The number of carboxylic acid groups (broad SMARTS) is 1. The molecule has 3 nitrogen and oxygen atoms in total. The van der Waals surface area contributed by atoms with E-state index in [1.165, 1.54) is 13.8 Å². The Morgan fingerprint density at radius 1 is 1.55 bits per heavy atom. The van der Waals surface area contributed by atoms with E-state index < -0.39 is 11.5 Å². The number of hydrogen-bond donors (Lipinski definition) is 2. The minimum atomic E-state index is -1.08. The molecule has 0 saturated heterocycles. The maximum Gasteiger partial charge on any atom is 0.323 e. The molecular weight excluding hydrogens is 166 g/mol. The van der Waals surface area contributed by atoms with E-state index in [1.54, 1.807) is 0 Å². The third kappa shape index (κ3) is 17.7. The van der Waals surface area contributed by atoms with Crippen LogP contribution in [0.15, 0.2) is 0 Å². The molecule has 0 spiro atoms. The number of aliphatic carboxylic acids is 1. The van der Waals surface area contributed by atoms with Crippen LogP contribution in [-0.2, 0) is 4.79 Å². The molecule has 0 heterocycles. The Morgan fingerprint density at radius 2 is 1.64 bits per heavy atom. The molecule has 0 aliphatic rings. The molecule has 0 fully saturated rings. The molecule has 0 aromatic carbocycles. The Balaban J connectivity index is 0. The number of halogens is 1. The first kappa shape index (κ1) is 13.3. The molecule has 0 unspecified atom stereocenters. The van der Waals surface area contributed by atoms with Crippen molar-refractivity contribution in [1.82, 2.24) is 0 Å². The topological polar surface area (TPSA) is 63.3 Å². The largest absolute Gasteiger partial charge is 0.480 e. The Labute approximate surface area is 72.5 Å². The highest BCUT2D eigenvalue weighted by molar-refractivity contribution is 6.20. The van der Waals surface area contributed by atoms with E-state index in [0.29, 0.717) is 5.38 Å². The number of nitrogens with two attached hydrogens (primary N) is 1. The van der Waals surface area contributed by atoms with Crippen LogP contribution >= 0.6 is 11.6 Å². The van der Waals surface area contributed by atoms with Gasteiger partial charge in [-0.2, -0.15) is 0 Å². The molecule has 0 amide bonds. The van der Waals surface area contributed by atoms with Crippen LogP contribution in [0.3, 0.4) is 0 Å². The van der Waals surface area contributed by atoms with Crippen LogP contribution in [0.2, 0.25) is 0 Å². The maximum absolute atomic E-state index is 9.90. The van der Waals surface area contributed by atoms with Crippen molar-refractivity contribution in [1.29, 1.82) is 0 Å². The summed E-state index contributed by atoms with van der Waals surface area (Å²) in [5.74, 6) is -0.979. The fourth-order valence-corrected chi connectivity index (χ4v) is 0. The molecule has 3 N–H and O–H groups in total. The van der Waals surface area contributed by atoms with Crippen molar-refractivity contribution in [3.63, 3.8) is 0 Å². The summed E-state index contributed by atoms with van der Waals surface area (Å²) < 4.78 is 0. The Morgan fingerprint density at radius 3 is 1.64 bits per heavy atom. The zero-order chi connectivity index (χ0) is 9.65. The predicted octanol–water partition coefficient (Wildman–Crippen LogP) is 1.44. The van der Waals surface area contributed by atoms with Gasteiger partial charge in [-0.15, -0.1) is 11.6 Å². The highest BCUT2D eigenvalue weighted by atomic mass is 35.5. The van der Waals surface area contributed by atoms with Crippen molar-refractivity contribution >= 4 is 17.6 Å². The lowest BCUT2D eigenvalue weighted by Crippen LogP contribution is -2.41. The average Bonchev–Trinajstić information content (AvgIpc) is 1.59. The first-order valence-corrected chi connectivity index (χ1v) is 3.78. The molecule has 11 heavy (non-hydrogen) atoms. The predicted molar refractivity (Wildman–Crippen MR) is 46.9 cm³/mol. The molecule has 0 aromatic rings. The van der Waals surface area contributed by atoms with Crippen LogP contribution in [0.25, 0.3) is 0 Å². The normalized spacial score (nSPS) is 10.5. The van der Waals surface area contributed by atoms with Gasteiger partial charge in [0.2, 0.25) is 0 Å². The van der Waals surface area contributed by atoms with Crippen LogP contribution in [0, 0.1) is 0 Å². The molecule has 0 aliphatic heterocycles. The SMILES string of the molecule is CC(C)(N)C(=O)O.CC(C)Cl. The van der Waals surface area contributed by atoms with Gasteiger partial charge in [0.05, 0.1) is 0 Å². The molecule has 0 rings (SSSR count). The summed E-state index contributed by atoms with van der Waals surface area (Å²) in [5.41, 5.74) is 4.00. The summed E-state index contributed by atoms with van der Waals surface area (Å²) in [4.78, 5) is 9.90. The van der Waals surface area contributed by atoms with Crippen molar-refractivity contribution in [3.05, 3.63) is 0 Å². The highest BCUT2D eigenvalue weighted by Gasteiger charge is 2.19. The smallest absolute Gasteiger partial charge is 0.323 e. The van der Waals surface area contributed by atoms with E-state index in [9.17, 15) is 4.79 Å². The lowest BCUT2D eigenvalue weighted by Gasteiger charge is -2.09. The van der Waals surface area contributed by atoms with Crippen molar-refractivity contribution in [2.75, 3.05) is 0 Å². The summed E-state index contributed by atoms with van der Waals surface area (Å²) in [6.07, 6.45) is 0. The monoisotopic (exact) mass is 181 g/mol. The Hall–Kier alpha value is -0.280. The number of alkyl halides is 1. The van der Waals surface area contributed by atoms with Gasteiger partial charge in [0, 0.05) is 5.38 Å². The summed E-state index contributed by atoms with van der Waals surface area (Å²) >= 11 is 5.27. The second kappa shape index (κ2) is 5.38. The number of carbonyl (C=O) groups is 1. The first-order valence-electron chi connectivity index (χ1n) is 3.34. The van der Waals surface area contributed by atoms with Crippen molar-refractivity contribution in [2.24, 2.45) is 5.73 Å². The molecule has 0 radical (unpaired) electrons. The van der Waals surface area contributed by atoms with E-state index in [0.717, 1.165) is 0 Å². The maximum atomic E-state index is 9.90. The zero-order valence-corrected chi connectivity index (χ0v) is 8.14. The van der Waals surface area contributed by atoms with Gasteiger partial charge < -0.3 is 10.8 Å². The molecule has 0 aromatic heterocycles. The van der Waals surface area contributed by atoms with Gasteiger partial charge in [0.1, 0.15) is 5.54 Å². The summed E-state index contributed by atoms with van der Waals surface area (Å²) in [5, 5.41) is 8.43. The molecule has 0 bridgehead atoms. The zero-order valence-electron chi connectivity index (χ0n) is 7.39. The van der Waals surface area contributed by atoms with Gasteiger partial charge in [-0.05, 0) is 27.7 Å².